The Labute approximate surface area is 291 Å². The Bertz CT molecular complexity index is 2930. The summed E-state index contributed by atoms with van der Waals surface area (Å²) in [5.41, 5.74) is 8.90. The monoisotopic (exact) mass is 653 g/mol. The van der Waals surface area contributed by atoms with E-state index < -0.39 is 0 Å². The zero-order valence-corrected chi connectivity index (χ0v) is 27.2. The largest absolute Gasteiger partial charge is 0.456 e. The van der Waals surface area contributed by atoms with E-state index in [-0.39, 0.29) is 0 Å². The van der Waals surface area contributed by atoms with Gasteiger partial charge in [0.05, 0.1) is 22.1 Å². The molecule has 0 bridgehead atoms. The molecule has 0 radical (unpaired) electrons. The van der Waals surface area contributed by atoms with Gasteiger partial charge in [-0.2, -0.15) is 15.0 Å². The van der Waals surface area contributed by atoms with Gasteiger partial charge in [-0.05, 0) is 59.7 Å². The van der Waals surface area contributed by atoms with E-state index in [0.29, 0.717) is 17.7 Å². The molecule has 11 aromatic rings. The maximum Gasteiger partial charge on any atom is 0.240 e. The van der Waals surface area contributed by atoms with Crippen molar-refractivity contribution in [1.29, 1.82) is 0 Å². The predicted molar refractivity (Wildman–Crippen MR) is 207 cm³/mol. The molecule has 4 aromatic heterocycles. The number of benzene rings is 7. The highest BCUT2D eigenvalue weighted by Gasteiger charge is 2.20. The van der Waals surface area contributed by atoms with Crippen molar-refractivity contribution in [2.24, 2.45) is 0 Å². The number of para-hydroxylation sites is 5. The van der Waals surface area contributed by atoms with Gasteiger partial charge in [0.25, 0.3) is 0 Å². The van der Waals surface area contributed by atoms with E-state index in [1.54, 1.807) is 0 Å². The Hall–Kier alpha value is -7.05. The molecule has 4 heterocycles. The van der Waals surface area contributed by atoms with Crippen molar-refractivity contribution in [2.45, 2.75) is 0 Å². The van der Waals surface area contributed by atoms with Gasteiger partial charge in [-0.25, -0.2) is 0 Å². The van der Waals surface area contributed by atoms with Crippen LogP contribution in [-0.2, 0) is 0 Å². The van der Waals surface area contributed by atoms with Crippen LogP contribution in [0.2, 0.25) is 0 Å². The van der Waals surface area contributed by atoms with Crippen molar-refractivity contribution >= 4 is 65.6 Å². The summed E-state index contributed by atoms with van der Waals surface area (Å²) in [5.74, 6) is 1.71. The first kappa shape index (κ1) is 27.9. The molecule has 0 spiro atoms. The number of furan rings is 1. The molecule has 0 aliphatic carbocycles. The second kappa shape index (κ2) is 10.7. The van der Waals surface area contributed by atoms with Crippen molar-refractivity contribution in [3.05, 3.63) is 164 Å². The quantitative estimate of drug-likeness (QED) is 0.190. The molecule has 0 aliphatic heterocycles. The van der Waals surface area contributed by atoms with Crippen LogP contribution >= 0.6 is 0 Å². The minimum absolute atomic E-state index is 0.559. The molecule has 6 heteroatoms. The summed E-state index contributed by atoms with van der Waals surface area (Å²) in [6.45, 7) is 0. The van der Waals surface area contributed by atoms with E-state index in [1.807, 2.05) is 18.2 Å². The Kier molecular flexibility index (Phi) is 5.86. The summed E-state index contributed by atoms with van der Waals surface area (Å²) >= 11 is 0. The number of hydrogen-bond donors (Lipinski definition) is 0. The molecule has 0 saturated heterocycles. The lowest BCUT2D eigenvalue weighted by Gasteiger charge is -2.13. The predicted octanol–water partition coefficient (Wildman–Crippen LogP) is 11.3. The fourth-order valence-electron chi connectivity index (χ4n) is 7.70. The third kappa shape index (κ3) is 4.20. The van der Waals surface area contributed by atoms with E-state index in [0.717, 1.165) is 82.2 Å². The summed E-state index contributed by atoms with van der Waals surface area (Å²) in [5, 5.41) is 6.82. The van der Waals surface area contributed by atoms with Crippen molar-refractivity contribution in [1.82, 2.24) is 24.1 Å². The van der Waals surface area contributed by atoms with Crippen LogP contribution in [0, 0.1) is 0 Å². The van der Waals surface area contributed by atoms with Crippen LogP contribution in [0.5, 0.6) is 0 Å². The first-order valence-electron chi connectivity index (χ1n) is 17.0. The summed E-state index contributed by atoms with van der Waals surface area (Å²) in [7, 11) is 0. The van der Waals surface area contributed by atoms with E-state index in [1.165, 1.54) is 0 Å². The molecule has 0 aliphatic rings. The molecule has 238 valence electrons. The average molecular weight is 654 g/mol. The van der Waals surface area contributed by atoms with Gasteiger partial charge in [0, 0.05) is 37.9 Å². The van der Waals surface area contributed by atoms with Crippen molar-refractivity contribution in [3.63, 3.8) is 0 Å². The SMILES string of the molecule is c1cc(-c2ccc3c(c2)oc2ccccc23)cc(-c2nc(-n3c4ccccc4c4ccccc43)nc(-n3c4ccccc4c4ccccc43)n2)c1. The van der Waals surface area contributed by atoms with Gasteiger partial charge in [0.2, 0.25) is 11.9 Å². The molecule has 0 saturated carbocycles. The molecule has 0 atom stereocenters. The highest BCUT2D eigenvalue weighted by Crippen LogP contribution is 2.36. The van der Waals surface area contributed by atoms with Crippen LogP contribution < -0.4 is 0 Å². The number of aromatic nitrogens is 5. The first-order valence-corrected chi connectivity index (χ1v) is 17.0. The fourth-order valence-corrected chi connectivity index (χ4v) is 7.70. The zero-order valence-electron chi connectivity index (χ0n) is 27.2. The molecule has 0 unspecified atom stereocenters. The lowest BCUT2D eigenvalue weighted by atomic mass is 10.0. The molecule has 11 rings (SSSR count). The molecule has 0 N–H and O–H groups in total. The molecule has 0 amide bonds. The smallest absolute Gasteiger partial charge is 0.240 e. The van der Waals surface area contributed by atoms with E-state index in [4.69, 9.17) is 19.4 Å². The van der Waals surface area contributed by atoms with Crippen LogP contribution in [0.25, 0.3) is 100.0 Å². The number of nitrogens with zero attached hydrogens (tertiary/aromatic N) is 5. The van der Waals surface area contributed by atoms with E-state index in [9.17, 15) is 0 Å². The summed E-state index contributed by atoms with van der Waals surface area (Å²) in [6, 6.07) is 56.8. The van der Waals surface area contributed by atoms with Crippen molar-refractivity contribution in [3.8, 4) is 34.4 Å². The molecule has 51 heavy (non-hydrogen) atoms. The van der Waals surface area contributed by atoms with Crippen LogP contribution in [0.4, 0.5) is 0 Å². The van der Waals surface area contributed by atoms with Crippen molar-refractivity contribution < 1.29 is 4.42 Å². The van der Waals surface area contributed by atoms with Gasteiger partial charge in [-0.3, -0.25) is 9.13 Å². The van der Waals surface area contributed by atoms with Gasteiger partial charge < -0.3 is 4.42 Å². The van der Waals surface area contributed by atoms with Gasteiger partial charge in [0.15, 0.2) is 5.82 Å². The molecule has 0 fully saturated rings. The second-order valence-corrected chi connectivity index (χ2v) is 12.9. The Morgan fingerprint density at radius 3 is 1.35 bits per heavy atom. The van der Waals surface area contributed by atoms with Gasteiger partial charge in [-0.15, -0.1) is 0 Å². The highest BCUT2D eigenvalue weighted by molar-refractivity contribution is 6.10. The van der Waals surface area contributed by atoms with E-state index in [2.05, 4.69) is 155 Å². The summed E-state index contributed by atoms with van der Waals surface area (Å²) in [6.07, 6.45) is 0. The number of hydrogen-bond acceptors (Lipinski definition) is 4. The van der Waals surface area contributed by atoms with Crippen LogP contribution in [0.15, 0.2) is 168 Å². The van der Waals surface area contributed by atoms with Crippen molar-refractivity contribution in [2.75, 3.05) is 0 Å². The molecular formula is C45H27N5O. The molecule has 7 aromatic carbocycles. The third-order valence-corrected chi connectivity index (χ3v) is 10.0. The van der Waals surface area contributed by atoms with E-state index >= 15 is 0 Å². The lowest BCUT2D eigenvalue weighted by Crippen LogP contribution is -2.10. The summed E-state index contributed by atoms with van der Waals surface area (Å²) < 4.78 is 10.6. The van der Waals surface area contributed by atoms with Gasteiger partial charge >= 0.3 is 0 Å². The topological polar surface area (TPSA) is 61.7 Å². The lowest BCUT2D eigenvalue weighted by molar-refractivity contribution is 0.669. The Morgan fingerprint density at radius 2 is 0.784 bits per heavy atom. The Morgan fingerprint density at radius 1 is 0.333 bits per heavy atom. The molecule has 6 nitrogen and oxygen atoms in total. The van der Waals surface area contributed by atoms with Crippen LogP contribution in [-0.4, -0.2) is 24.1 Å². The second-order valence-electron chi connectivity index (χ2n) is 12.9. The fraction of sp³-hybridized carbons (Fsp3) is 0. The highest BCUT2D eigenvalue weighted by atomic mass is 16.3. The third-order valence-electron chi connectivity index (χ3n) is 10.0. The zero-order chi connectivity index (χ0) is 33.5. The molecular weight excluding hydrogens is 627 g/mol. The van der Waals surface area contributed by atoms with Crippen LogP contribution in [0.3, 0.4) is 0 Å². The minimum Gasteiger partial charge on any atom is -0.456 e. The first-order chi connectivity index (χ1) is 25.3. The number of fused-ring (bicyclic) bond motifs is 9. The van der Waals surface area contributed by atoms with Gasteiger partial charge in [0.1, 0.15) is 11.2 Å². The number of rotatable bonds is 4. The van der Waals surface area contributed by atoms with Gasteiger partial charge in [-0.1, -0.05) is 115 Å². The normalized spacial score (nSPS) is 11.9. The Balaban J connectivity index is 1.17. The minimum atomic E-state index is 0.559. The maximum atomic E-state index is 6.25. The average Bonchev–Trinajstić information content (AvgIpc) is 3.85. The standard InChI is InChI=1S/C45H27N5O/c1-6-19-37-31(14-1)32-15-2-7-20-38(32)49(37)44-46-43(47-45(48-44)50-39-21-8-3-16-33(39)34-17-4-9-22-40(34)50)30-13-11-12-28(26-30)29-24-25-36-35-18-5-10-23-41(35)51-42(36)27-29/h1-27H. The summed E-state index contributed by atoms with van der Waals surface area (Å²) in [4.78, 5) is 15.7. The maximum absolute atomic E-state index is 6.25. The van der Waals surface area contributed by atoms with Crippen LogP contribution in [0.1, 0.15) is 0 Å².